The van der Waals surface area contributed by atoms with E-state index in [1.165, 1.54) is 14.2 Å². The Morgan fingerprint density at radius 2 is 1.47 bits per heavy atom. The SMILES string of the molecule is CCOc1ccc(-c2nn(-c3ccccc3)cc2C2C(C(=O)OCCOC)=C(C)NC(C)=C2C(=O)OCCOC)cc1C. The minimum absolute atomic E-state index is 0.0589. The number of nitrogens with zero attached hydrogens (tertiary/aromatic N) is 2. The maximum Gasteiger partial charge on any atom is 0.336 e. The van der Waals surface area contributed by atoms with Crippen LogP contribution in [-0.2, 0) is 28.5 Å². The summed E-state index contributed by atoms with van der Waals surface area (Å²) in [5, 5.41) is 8.20. The molecular formula is C33H39N3O7. The summed E-state index contributed by atoms with van der Waals surface area (Å²) in [6.45, 7) is 8.62. The van der Waals surface area contributed by atoms with Crippen LogP contribution >= 0.6 is 0 Å². The lowest BCUT2D eigenvalue weighted by atomic mass is 9.79. The van der Waals surface area contributed by atoms with Crippen LogP contribution in [0.1, 0.15) is 37.8 Å². The van der Waals surface area contributed by atoms with E-state index in [0.29, 0.717) is 29.3 Å². The van der Waals surface area contributed by atoms with Crippen molar-refractivity contribution in [3.8, 4) is 22.7 Å². The highest BCUT2D eigenvalue weighted by Crippen LogP contribution is 2.43. The van der Waals surface area contributed by atoms with E-state index in [1.807, 2.05) is 68.6 Å². The van der Waals surface area contributed by atoms with Crippen LogP contribution in [0.2, 0.25) is 0 Å². The number of aryl methyl sites for hydroxylation is 1. The molecule has 1 N–H and O–H groups in total. The summed E-state index contributed by atoms with van der Waals surface area (Å²) in [4.78, 5) is 27.4. The van der Waals surface area contributed by atoms with Gasteiger partial charge in [0.25, 0.3) is 0 Å². The first kappa shape index (κ1) is 31.5. The highest BCUT2D eigenvalue weighted by atomic mass is 16.6. The van der Waals surface area contributed by atoms with Gasteiger partial charge in [-0.2, -0.15) is 5.10 Å². The minimum Gasteiger partial charge on any atom is -0.494 e. The number of esters is 2. The number of para-hydroxylation sites is 1. The summed E-state index contributed by atoms with van der Waals surface area (Å²) in [6, 6.07) is 15.5. The molecule has 4 rings (SSSR count). The predicted molar refractivity (Wildman–Crippen MR) is 162 cm³/mol. The topological polar surface area (TPSA) is 110 Å². The molecule has 0 amide bonds. The van der Waals surface area contributed by atoms with Crippen LogP contribution in [0.4, 0.5) is 0 Å². The molecule has 0 saturated heterocycles. The first-order valence-corrected chi connectivity index (χ1v) is 14.2. The Morgan fingerprint density at radius 1 is 0.860 bits per heavy atom. The fraction of sp³-hybridized carbons (Fsp3) is 0.364. The van der Waals surface area contributed by atoms with E-state index < -0.39 is 17.9 Å². The Balaban J connectivity index is 1.94. The van der Waals surface area contributed by atoms with Crippen molar-refractivity contribution in [2.24, 2.45) is 0 Å². The van der Waals surface area contributed by atoms with Gasteiger partial charge in [-0.05, 0) is 63.6 Å². The number of allylic oxidation sites excluding steroid dienone is 2. The zero-order chi connectivity index (χ0) is 30.9. The number of rotatable bonds is 13. The summed E-state index contributed by atoms with van der Waals surface area (Å²) in [5.74, 6) is -1.20. The van der Waals surface area contributed by atoms with Gasteiger partial charge in [0.2, 0.25) is 0 Å². The van der Waals surface area contributed by atoms with E-state index in [-0.39, 0.29) is 37.6 Å². The van der Waals surface area contributed by atoms with Crippen LogP contribution in [0.3, 0.4) is 0 Å². The number of methoxy groups -OCH3 is 2. The van der Waals surface area contributed by atoms with E-state index >= 15 is 0 Å². The molecule has 0 aliphatic carbocycles. The number of hydrogen-bond acceptors (Lipinski definition) is 9. The molecule has 1 aliphatic rings. The van der Waals surface area contributed by atoms with Crippen LogP contribution in [0.15, 0.2) is 77.3 Å². The highest BCUT2D eigenvalue weighted by molar-refractivity contribution is 6.00. The van der Waals surface area contributed by atoms with Crippen LogP contribution in [-0.4, -0.2) is 69.0 Å². The number of nitrogens with one attached hydrogen (secondary N) is 1. The summed E-state index contributed by atoms with van der Waals surface area (Å²) >= 11 is 0. The smallest absolute Gasteiger partial charge is 0.336 e. The molecule has 0 fully saturated rings. The molecule has 0 unspecified atom stereocenters. The van der Waals surface area contributed by atoms with Gasteiger partial charge in [0, 0.05) is 42.9 Å². The van der Waals surface area contributed by atoms with Crippen LogP contribution in [0.5, 0.6) is 5.75 Å². The highest BCUT2D eigenvalue weighted by Gasteiger charge is 2.40. The molecule has 10 heteroatoms. The molecule has 0 saturated carbocycles. The summed E-state index contributed by atoms with van der Waals surface area (Å²) < 4.78 is 28.9. The predicted octanol–water partition coefficient (Wildman–Crippen LogP) is 4.86. The second-order valence-corrected chi connectivity index (χ2v) is 10.0. The van der Waals surface area contributed by atoms with E-state index in [2.05, 4.69) is 5.32 Å². The minimum atomic E-state index is -0.842. The zero-order valence-electron chi connectivity index (χ0n) is 25.6. The first-order valence-electron chi connectivity index (χ1n) is 14.2. The lowest BCUT2D eigenvalue weighted by Crippen LogP contribution is -2.33. The fourth-order valence-corrected chi connectivity index (χ4v) is 5.09. The lowest BCUT2D eigenvalue weighted by molar-refractivity contribution is -0.141. The number of ether oxygens (including phenoxy) is 5. The van der Waals surface area contributed by atoms with Gasteiger partial charge in [-0.25, -0.2) is 14.3 Å². The molecule has 1 aliphatic heterocycles. The van der Waals surface area contributed by atoms with Gasteiger partial charge in [0.15, 0.2) is 0 Å². The molecule has 0 radical (unpaired) electrons. The maximum atomic E-state index is 13.7. The maximum absolute atomic E-state index is 13.7. The number of benzene rings is 2. The van der Waals surface area contributed by atoms with Crippen LogP contribution in [0.25, 0.3) is 16.9 Å². The molecule has 0 bridgehead atoms. The molecule has 0 atom stereocenters. The van der Waals surface area contributed by atoms with Crippen molar-refractivity contribution in [3.63, 3.8) is 0 Å². The van der Waals surface area contributed by atoms with Crippen molar-refractivity contribution in [3.05, 3.63) is 88.4 Å². The van der Waals surface area contributed by atoms with Gasteiger partial charge < -0.3 is 29.0 Å². The third-order valence-electron chi connectivity index (χ3n) is 7.06. The third kappa shape index (κ3) is 7.15. The second-order valence-electron chi connectivity index (χ2n) is 10.0. The molecule has 2 aromatic carbocycles. The number of carbonyl (C=O) groups is 2. The first-order chi connectivity index (χ1) is 20.8. The Hall–Kier alpha value is -4.41. The van der Waals surface area contributed by atoms with E-state index in [1.54, 1.807) is 18.5 Å². The Morgan fingerprint density at radius 3 is 2.00 bits per heavy atom. The normalized spacial score (nSPS) is 13.6. The Kier molecular flexibility index (Phi) is 10.7. The van der Waals surface area contributed by atoms with E-state index in [0.717, 1.165) is 22.6 Å². The van der Waals surface area contributed by atoms with Gasteiger partial charge in [-0.3, -0.25) is 0 Å². The molecule has 10 nitrogen and oxygen atoms in total. The second kappa shape index (κ2) is 14.7. The molecule has 43 heavy (non-hydrogen) atoms. The standard InChI is InChI=1S/C33H39N3O7/c1-7-41-27-14-13-24(19-21(27)2)31-26(20-36(35-31)25-11-9-8-10-12-25)30-28(32(37)42-17-15-39-5)22(3)34-23(4)29(30)33(38)43-18-16-40-6/h8-14,19-20,30,34H,7,15-18H2,1-6H3. The van der Waals surface area contributed by atoms with Crippen molar-refractivity contribution in [1.29, 1.82) is 0 Å². The average molecular weight is 590 g/mol. The molecule has 1 aromatic heterocycles. The van der Waals surface area contributed by atoms with E-state index in [9.17, 15) is 9.59 Å². The Labute approximate surface area is 252 Å². The largest absolute Gasteiger partial charge is 0.494 e. The lowest BCUT2D eigenvalue weighted by Gasteiger charge is -2.30. The molecule has 0 spiro atoms. The van der Waals surface area contributed by atoms with Crippen molar-refractivity contribution in [2.75, 3.05) is 47.3 Å². The molecule has 3 aromatic rings. The van der Waals surface area contributed by atoms with Gasteiger partial charge >= 0.3 is 11.9 Å². The average Bonchev–Trinajstić information content (AvgIpc) is 3.44. The van der Waals surface area contributed by atoms with Crippen LogP contribution in [0, 0.1) is 6.92 Å². The molecule has 228 valence electrons. The number of carbonyl (C=O) groups excluding carboxylic acids is 2. The van der Waals surface area contributed by atoms with Gasteiger partial charge in [0.05, 0.1) is 48.3 Å². The molecular weight excluding hydrogens is 550 g/mol. The van der Waals surface area contributed by atoms with Crippen molar-refractivity contribution in [2.45, 2.75) is 33.6 Å². The van der Waals surface area contributed by atoms with Crippen molar-refractivity contribution >= 4 is 11.9 Å². The quantitative estimate of drug-likeness (QED) is 0.221. The van der Waals surface area contributed by atoms with Gasteiger partial charge in [-0.1, -0.05) is 18.2 Å². The Bertz CT molecular complexity index is 1460. The number of aromatic nitrogens is 2. The van der Waals surface area contributed by atoms with Gasteiger partial charge in [0.1, 0.15) is 19.0 Å². The van der Waals surface area contributed by atoms with E-state index in [4.69, 9.17) is 28.8 Å². The zero-order valence-corrected chi connectivity index (χ0v) is 25.6. The summed E-state index contributed by atoms with van der Waals surface area (Å²) in [6.07, 6.45) is 1.86. The van der Waals surface area contributed by atoms with Crippen LogP contribution < -0.4 is 10.1 Å². The fourth-order valence-electron chi connectivity index (χ4n) is 5.09. The monoisotopic (exact) mass is 589 g/mol. The van der Waals surface area contributed by atoms with Crippen molar-refractivity contribution in [1.82, 2.24) is 15.1 Å². The summed E-state index contributed by atoms with van der Waals surface area (Å²) in [7, 11) is 3.07. The van der Waals surface area contributed by atoms with Crippen molar-refractivity contribution < 1.29 is 33.3 Å². The molecule has 2 heterocycles. The third-order valence-corrected chi connectivity index (χ3v) is 7.06. The number of hydrogen-bond donors (Lipinski definition) is 1. The summed E-state index contributed by atoms with van der Waals surface area (Å²) in [5.41, 5.74) is 5.52. The number of dihydropyridines is 1. The van der Waals surface area contributed by atoms with Gasteiger partial charge in [-0.15, -0.1) is 0 Å².